The molecule has 0 bridgehead atoms. The first-order valence-electron chi connectivity index (χ1n) is 9.18. The van der Waals surface area contributed by atoms with Gasteiger partial charge in [-0.05, 0) is 63.6 Å². The van der Waals surface area contributed by atoms with Crippen molar-refractivity contribution >= 4 is 17.5 Å². The van der Waals surface area contributed by atoms with Crippen LogP contribution in [0, 0.1) is 20.8 Å². The van der Waals surface area contributed by atoms with Crippen molar-refractivity contribution in [3.8, 4) is 11.4 Å². The standard InChI is InChI=1S/C22H24ClN3O2/c1-14-12-18(23)10-11-21(14)28-17(4)22(27)24-13-20-15(2)25-26(16(20)3)19-8-6-5-7-9-19/h5-12,17H,13H2,1-4H3,(H,24,27). The first-order valence-corrected chi connectivity index (χ1v) is 9.55. The molecule has 0 spiro atoms. The summed E-state index contributed by atoms with van der Waals surface area (Å²) in [5, 5.41) is 8.21. The van der Waals surface area contributed by atoms with Crippen molar-refractivity contribution in [2.75, 3.05) is 0 Å². The third-order valence-corrected chi connectivity index (χ3v) is 4.93. The molecule has 2 aromatic carbocycles. The number of ether oxygens (including phenoxy) is 1. The van der Waals surface area contributed by atoms with Gasteiger partial charge in [-0.25, -0.2) is 4.68 Å². The van der Waals surface area contributed by atoms with E-state index >= 15 is 0 Å². The molecule has 1 aromatic heterocycles. The summed E-state index contributed by atoms with van der Waals surface area (Å²) in [6.07, 6.45) is -0.621. The Labute approximate surface area is 170 Å². The van der Waals surface area contributed by atoms with Crippen molar-refractivity contribution in [1.29, 1.82) is 0 Å². The molecule has 1 amide bonds. The number of amides is 1. The first-order chi connectivity index (χ1) is 13.4. The number of para-hydroxylation sites is 1. The number of hydrogen-bond donors (Lipinski definition) is 1. The van der Waals surface area contributed by atoms with E-state index < -0.39 is 6.10 Å². The lowest BCUT2D eigenvalue weighted by atomic mass is 10.2. The molecule has 0 aliphatic rings. The van der Waals surface area contributed by atoms with Gasteiger partial charge < -0.3 is 10.1 Å². The minimum absolute atomic E-state index is 0.180. The predicted octanol–water partition coefficient (Wildman–Crippen LogP) is 4.53. The van der Waals surface area contributed by atoms with Crippen LogP contribution in [0.25, 0.3) is 5.69 Å². The number of nitrogens with zero attached hydrogens (tertiary/aromatic N) is 2. The second kappa shape index (κ2) is 8.48. The van der Waals surface area contributed by atoms with Gasteiger partial charge in [0.15, 0.2) is 6.10 Å². The van der Waals surface area contributed by atoms with Gasteiger partial charge in [0.1, 0.15) is 5.75 Å². The van der Waals surface area contributed by atoms with Crippen molar-refractivity contribution in [1.82, 2.24) is 15.1 Å². The van der Waals surface area contributed by atoms with E-state index in [4.69, 9.17) is 16.3 Å². The second-order valence-corrected chi connectivity index (χ2v) is 7.22. The molecule has 6 heteroatoms. The minimum atomic E-state index is -0.621. The molecule has 0 aliphatic carbocycles. The molecular weight excluding hydrogens is 374 g/mol. The number of carbonyl (C=O) groups excluding carboxylic acids is 1. The van der Waals surface area contributed by atoms with Crippen LogP contribution in [0.4, 0.5) is 0 Å². The lowest BCUT2D eigenvalue weighted by molar-refractivity contribution is -0.127. The average Bonchev–Trinajstić information content (AvgIpc) is 2.96. The molecule has 3 aromatic rings. The predicted molar refractivity (Wildman–Crippen MR) is 111 cm³/mol. The highest BCUT2D eigenvalue weighted by atomic mass is 35.5. The van der Waals surface area contributed by atoms with Gasteiger partial charge in [-0.3, -0.25) is 4.79 Å². The van der Waals surface area contributed by atoms with Gasteiger partial charge in [-0.15, -0.1) is 0 Å². The fourth-order valence-corrected chi connectivity index (χ4v) is 3.29. The van der Waals surface area contributed by atoms with Crippen LogP contribution in [0.15, 0.2) is 48.5 Å². The van der Waals surface area contributed by atoms with Crippen LogP contribution in [0.2, 0.25) is 5.02 Å². The number of aromatic nitrogens is 2. The normalized spacial score (nSPS) is 11.9. The largest absolute Gasteiger partial charge is 0.481 e. The Bertz CT molecular complexity index is 983. The van der Waals surface area contributed by atoms with Gasteiger partial charge >= 0.3 is 0 Å². The van der Waals surface area contributed by atoms with Crippen LogP contribution >= 0.6 is 11.6 Å². The Morgan fingerprint density at radius 2 is 1.89 bits per heavy atom. The van der Waals surface area contributed by atoms with Gasteiger partial charge in [-0.1, -0.05) is 29.8 Å². The zero-order valence-electron chi connectivity index (χ0n) is 16.5. The molecule has 0 fully saturated rings. The fourth-order valence-electron chi connectivity index (χ4n) is 3.06. The van der Waals surface area contributed by atoms with Gasteiger partial charge in [0.25, 0.3) is 5.91 Å². The molecule has 3 rings (SSSR count). The summed E-state index contributed by atoms with van der Waals surface area (Å²) in [4.78, 5) is 12.5. The van der Waals surface area contributed by atoms with E-state index in [1.54, 1.807) is 19.1 Å². The SMILES string of the molecule is Cc1cc(Cl)ccc1OC(C)C(=O)NCc1c(C)nn(-c2ccccc2)c1C. The van der Waals surface area contributed by atoms with Gasteiger partial charge in [-0.2, -0.15) is 5.10 Å². The maximum absolute atomic E-state index is 12.5. The van der Waals surface area contributed by atoms with Gasteiger partial charge in [0, 0.05) is 22.8 Å². The number of benzene rings is 2. The maximum atomic E-state index is 12.5. The monoisotopic (exact) mass is 397 g/mol. The summed E-state index contributed by atoms with van der Waals surface area (Å²) in [7, 11) is 0. The van der Waals surface area contributed by atoms with Crippen molar-refractivity contribution < 1.29 is 9.53 Å². The lowest BCUT2D eigenvalue weighted by Crippen LogP contribution is -2.36. The van der Waals surface area contributed by atoms with Crippen LogP contribution < -0.4 is 10.1 Å². The van der Waals surface area contributed by atoms with E-state index in [-0.39, 0.29) is 5.91 Å². The molecule has 1 N–H and O–H groups in total. The van der Waals surface area contributed by atoms with Crippen LogP contribution in [-0.4, -0.2) is 21.8 Å². The Morgan fingerprint density at radius 1 is 1.18 bits per heavy atom. The quantitative estimate of drug-likeness (QED) is 0.664. The molecule has 1 unspecified atom stereocenters. The Balaban J connectivity index is 1.67. The smallest absolute Gasteiger partial charge is 0.261 e. The van der Waals surface area contributed by atoms with Crippen molar-refractivity contribution in [3.63, 3.8) is 0 Å². The summed E-state index contributed by atoms with van der Waals surface area (Å²) >= 11 is 5.97. The van der Waals surface area contributed by atoms with E-state index in [2.05, 4.69) is 10.4 Å². The summed E-state index contributed by atoms with van der Waals surface area (Å²) in [6, 6.07) is 15.3. The molecule has 1 atom stereocenters. The zero-order valence-corrected chi connectivity index (χ0v) is 17.2. The summed E-state index contributed by atoms with van der Waals surface area (Å²) in [5.41, 5.74) is 4.79. The van der Waals surface area contributed by atoms with Crippen molar-refractivity contribution in [2.45, 2.75) is 40.3 Å². The zero-order chi connectivity index (χ0) is 20.3. The van der Waals surface area contributed by atoms with Crippen LogP contribution in [-0.2, 0) is 11.3 Å². The van der Waals surface area contributed by atoms with Crippen LogP contribution in [0.1, 0.15) is 29.4 Å². The number of carbonyl (C=O) groups is 1. The molecular formula is C22H24ClN3O2. The molecule has 146 valence electrons. The molecule has 0 radical (unpaired) electrons. The van der Waals surface area contributed by atoms with E-state index in [9.17, 15) is 4.79 Å². The molecule has 0 aliphatic heterocycles. The number of aryl methyl sites for hydroxylation is 2. The highest BCUT2D eigenvalue weighted by Gasteiger charge is 2.18. The first kappa shape index (κ1) is 20.0. The molecule has 28 heavy (non-hydrogen) atoms. The fraction of sp³-hybridized carbons (Fsp3) is 0.273. The summed E-state index contributed by atoms with van der Waals surface area (Å²) in [6.45, 7) is 7.99. The van der Waals surface area contributed by atoms with Crippen molar-refractivity contribution in [3.05, 3.63) is 76.1 Å². The summed E-state index contributed by atoms with van der Waals surface area (Å²) in [5.74, 6) is 0.469. The topological polar surface area (TPSA) is 56.1 Å². The number of halogens is 1. The average molecular weight is 398 g/mol. The van der Waals surface area contributed by atoms with Crippen LogP contribution in [0.5, 0.6) is 5.75 Å². The third kappa shape index (κ3) is 4.37. The molecule has 5 nitrogen and oxygen atoms in total. The van der Waals surface area contributed by atoms with E-state index in [0.717, 1.165) is 28.2 Å². The Kier molecular flexibility index (Phi) is 6.05. The number of hydrogen-bond acceptors (Lipinski definition) is 3. The van der Waals surface area contributed by atoms with E-state index in [1.165, 1.54) is 0 Å². The second-order valence-electron chi connectivity index (χ2n) is 6.78. The number of nitrogens with one attached hydrogen (secondary N) is 1. The molecule has 1 heterocycles. The summed E-state index contributed by atoms with van der Waals surface area (Å²) < 4.78 is 7.69. The van der Waals surface area contributed by atoms with E-state index in [1.807, 2.05) is 61.9 Å². The van der Waals surface area contributed by atoms with Crippen molar-refractivity contribution in [2.24, 2.45) is 0 Å². The highest BCUT2D eigenvalue weighted by molar-refractivity contribution is 6.30. The van der Waals surface area contributed by atoms with Gasteiger partial charge in [0.2, 0.25) is 0 Å². The molecule has 0 saturated heterocycles. The molecule has 0 saturated carbocycles. The lowest BCUT2D eigenvalue weighted by Gasteiger charge is -2.16. The maximum Gasteiger partial charge on any atom is 0.261 e. The van der Waals surface area contributed by atoms with Crippen LogP contribution in [0.3, 0.4) is 0 Å². The third-order valence-electron chi connectivity index (χ3n) is 4.69. The number of rotatable bonds is 6. The van der Waals surface area contributed by atoms with E-state index in [0.29, 0.717) is 17.3 Å². The Morgan fingerprint density at radius 3 is 2.57 bits per heavy atom. The highest BCUT2D eigenvalue weighted by Crippen LogP contribution is 2.23. The minimum Gasteiger partial charge on any atom is -0.481 e. The Hall–Kier alpha value is -2.79. The van der Waals surface area contributed by atoms with Gasteiger partial charge in [0.05, 0.1) is 11.4 Å².